The first-order valence-electron chi connectivity index (χ1n) is 5.82. The summed E-state index contributed by atoms with van der Waals surface area (Å²) >= 11 is 5.77. The van der Waals surface area contributed by atoms with Crippen LogP contribution < -0.4 is 5.32 Å². The van der Waals surface area contributed by atoms with Crippen LogP contribution in [0, 0.1) is 5.82 Å². The number of amides is 2. The Morgan fingerprint density at radius 1 is 1.45 bits per heavy atom. The molecule has 6 nitrogen and oxygen atoms in total. The topological polar surface area (TPSA) is 89.9 Å². The molecule has 0 spiro atoms. The monoisotopic (exact) mass is 302 g/mol. The van der Waals surface area contributed by atoms with Crippen molar-refractivity contribution in [2.45, 2.75) is 18.6 Å². The van der Waals surface area contributed by atoms with Gasteiger partial charge in [0.2, 0.25) is 0 Å². The minimum absolute atomic E-state index is 0.00460. The van der Waals surface area contributed by atoms with Gasteiger partial charge in [-0.25, -0.2) is 14.0 Å². The molecule has 1 aromatic carbocycles. The molecule has 1 aliphatic heterocycles. The van der Waals surface area contributed by atoms with Gasteiger partial charge in [0.05, 0.1) is 16.8 Å². The smallest absolute Gasteiger partial charge is 0.326 e. The Kier molecular flexibility index (Phi) is 4.10. The average molecular weight is 303 g/mol. The molecule has 0 bridgehead atoms. The lowest BCUT2D eigenvalue weighted by molar-refractivity contribution is -0.141. The Balaban J connectivity index is 2.13. The molecule has 0 unspecified atom stereocenters. The number of aliphatic hydroxyl groups is 1. The molecule has 1 saturated heterocycles. The average Bonchev–Trinajstić information content (AvgIpc) is 2.75. The molecule has 2 amide bonds. The van der Waals surface area contributed by atoms with Crippen LogP contribution in [0.5, 0.6) is 0 Å². The van der Waals surface area contributed by atoms with Gasteiger partial charge >= 0.3 is 12.0 Å². The maximum absolute atomic E-state index is 12.9. The normalized spacial score (nSPS) is 21.9. The molecule has 8 heteroatoms. The zero-order valence-electron chi connectivity index (χ0n) is 10.2. The number of aliphatic hydroxyl groups excluding tert-OH is 1. The second kappa shape index (κ2) is 5.64. The molecule has 1 aromatic rings. The lowest BCUT2D eigenvalue weighted by atomic mass is 10.2. The van der Waals surface area contributed by atoms with Crippen molar-refractivity contribution in [3.05, 3.63) is 29.0 Å². The predicted octanol–water partition coefficient (Wildman–Crippen LogP) is 1.53. The van der Waals surface area contributed by atoms with E-state index in [0.29, 0.717) is 0 Å². The van der Waals surface area contributed by atoms with Gasteiger partial charge in [-0.15, -0.1) is 0 Å². The van der Waals surface area contributed by atoms with Gasteiger partial charge in [0.25, 0.3) is 0 Å². The zero-order valence-corrected chi connectivity index (χ0v) is 11.0. The highest BCUT2D eigenvalue weighted by atomic mass is 35.5. The van der Waals surface area contributed by atoms with Crippen LogP contribution >= 0.6 is 11.6 Å². The molecule has 20 heavy (non-hydrogen) atoms. The van der Waals surface area contributed by atoms with Crippen LogP contribution in [0.4, 0.5) is 14.9 Å². The van der Waals surface area contributed by atoms with Crippen LogP contribution in [0.1, 0.15) is 6.42 Å². The van der Waals surface area contributed by atoms with E-state index < -0.39 is 30.0 Å². The molecule has 2 atom stereocenters. The van der Waals surface area contributed by atoms with Crippen LogP contribution in [0.3, 0.4) is 0 Å². The molecule has 0 saturated carbocycles. The van der Waals surface area contributed by atoms with E-state index in [2.05, 4.69) is 5.32 Å². The fraction of sp³-hybridized carbons (Fsp3) is 0.333. The number of hydrogen-bond acceptors (Lipinski definition) is 3. The Morgan fingerprint density at radius 2 is 2.15 bits per heavy atom. The molecular weight excluding hydrogens is 291 g/mol. The Bertz CT molecular complexity index is 554. The van der Waals surface area contributed by atoms with Crippen molar-refractivity contribution < 1.29 is 24.2 Å². The summed E-state index contributed by atoms with van der Waals surface area (Å²) < 4.78 is 12.9. The number of aliphatic carboxylic acids is 1. The Hall–Kier alpha value is -1.86. The maximum Gasteiger partial charge on any atom is 0.326 e. The first kappa shape index (κ1) is 14.5. The minimum atomic E-state index is -1.19. The van der Waals surface area contributed by atoms with Gasteiger partial charge in [-0.3, -0.25) is 0 Å². The van der Waals surface area contributed by atoms with Crippen LogP contribution in [-0.2, 0) is 4.79 Å². The number of carboxylic acids is 1. The van der Waals surface area contributed by atoms with Crippen molar-refractivity contribution in [2.24, 2.45) is 0 Å². The summed E-state index contributed by atoms with van der Waals surface area (Å²) in [6.07, 6.45) is -0.912. The lowest BCUT2D eigenvalue weighted by Gasteiger charge is -2.21. The van der Waals surface area contributed by atoms with Crippen LogP contribution in [0.25, 0.3) is 0 Å². The summed E-state index contributed by atoms with van der Waals surface area (Å²) in [5, 5.41) is 20.9. The zero-order chi connectivity index (χ0) is 14.9. The number of likely N-dealkylation sites (tertiary alicyclic amines) is 1. The molecular formula is C12H12ClFN2O4. The number of nitrogens with zero attached hydrogens (tertiary/aromatic N) is 1. The van der Waals surface area contributed by atoms with Crippen LogP contribution in [0.15, 0.2) is 18.2 Å². The lowest BCUT2D eigenvalue weighted by Crippen LogP contribution is -2.43. The van der Waals surface area contributed by atoms with Gasteiger partial charge in [-0.1, -0.05) is 11.6 Å². The Morgan fingerprint density at radius 3 is 2.75 bits per heavy atom. The largest absolute Gasteiger partial charge is 0.480 e. The van der Waals surface area contributed by atoms with Crippen molar-refractivity contribution in [1.29, 1.82) is 0 Å². The predicted molar refractivity (Wildman–Crippen MR) is 69.2 cm³/mol. The fourth-order valence-electron chi connectivity index (χ4n) is 2.05. The standard InChI is InChI=1S/C12H12ClFN2O4/c13-8-3-6(14)1-2-9(8)15-12(20)16-5-7(17)4-10(16)11(18)19/h1-3,7,10,17H,4-5H2,(H,15,20)(H,18,19)/t7-,10-/m0/s1. The molecule has 3 N–H and O–H groups in total. The van der Waals surface area contributed by atoms with Gasteiger partial charge in [0, 0.05) is 13.0 Å². The van der Waals surface area contributed by atoms with Crippen molar-refractivity contribution in [3.63, 3.8) is 0 Å². The number of anilines is 1. The summed E-state index contributed by atoms with van der Waals surface area (Å²) in [7, 11) is 0. The van der Waals surface area contributed by atoms with Gasteiger partial charge in [-0.2, -0.15) is 0 Å². The highest BCUT2D eigenvalue weighted by molar-refractivity contribution is 6.33. The van der Waals surface area contributed by atoms with Crippen molar-refractivity contribution >= 4 is 29.3 Å². The highest BCUT2D eigenvalue weighted by Gasteiger charge is 2.39. The third-order valence-electron chi connectivity index (χ3n) is 3.00. The number of benzene rings is 1. The fourth-order valence-corrected chi connectivity index (χ4v) is 2.26. The van der Waals surface area contributed by atoms with Crippen LogP contribution in [0.2, 0.25) is 5.02 Å². The number of nitrogens with one attached hydrogen (secondary N) is 1. The highest BCUT2D eigenvalue weighted by Crippen LogP contribution is 2.24. The van der Waals surface area contributed by atoms with Gasteiger partial charge in [-0.05, 0) is 18.2 Å². The summed E-state index contributed by atoms with van der Waals surface area (Å²) in [4.78, 5) is 24.0. The summed E-state index contributed by atoms with van der Waals surface area (Å²) in [5.41, 5.74) is 0.170. The molecule has 0 aromatic heterocycles. The van der Waals surface area contributed by atoms with Crippen LogP contribution in [-0.4, -0.2) is 45.8 Å². The molecule has 1 heterocycles. The number of carbonyl (C=O) groups is 2. The third-order valence-corrected chi connectivity index (χ3v) is 3.31. The van der Waals surface area contributed by atoms with E-state index in [9.17, 15) is 19.1 Å². The van der Waals surface area contributed by atoms with Crippen molar-refractivity contribution in [3.8, 4) is 0 Å². The number of β-amino-alcohol motifs (C(OH)–C–C–N with tert-alkyl or cyclic N) is 1. The quantitative estimate of drug-likeness (QED) is 0.773. The van der Waals surface area contributed by atoms with E-state index in [4.69, 9.17) is 16.7 Å². The number of carboxylic acid groups (broad SMARTS) is 1. The molecule has 1 aliphatic rings. The number of rotatable bonds is 2. The Labute approximate surface area is 118 Å². The van der Waals surface area contributed by atoms with Gasteiger partial charge < -0.3 is 20.4 Å². The molecule has 108 valence electrons. The summed E-state index contributed by atoms with van der Waals surface area (Å²) in [5.74, 6) is -1.74. The van der Waals surface area contributed by atoms with E-state index in [1.807, 2.05) is 0 Å². The summed E-state index contributed by atoms with van der Waals surface area (Å²) in [6, 6.07) is 1.63. The molecule has 0 aliphatic carbocycles. The SMILES string of the molecule is O=C(O)[C@@H]1C[C@H](O)CN1C(=O)Nc1ccc(F)cc1Cl. The second-order valence-corrected chi connectivity index (χ2v) is 4.86. The van der Waals surface area contributed by atoms with Gasteiger partial charge in [0.15, 0.2) is 0 Å². The van der Waals surface area contributed by atoms with E-state index in [1.165, 1.54) is 6.07 Å². The van der Waals surface area contributed by atoms with Crippen molar-refractivity contribution in [1.82, 2.24) is 4.90 Å². The number of urea groups is 1. The number of carbonyl (C=O) groups excluding carboxylic acids is 1. The number of hydrogen-bond donors (Lipinski definition) is 3. The minimum Gasteiger partial charge on any atom is -0.480 e. The third kappa shape index (κ3) is 3.00. The summed E-state index contributed by atoms with van der Waals surface area (Å²) in [6.45, 7) is -0.0817. The van der Waals surface area contributed by atoms with Gasteiger partial charge in [0.1, 0.15) is 11.9 Å². The second-order valence-electron chi connectivity index (χ2n) is 4.45. The van der Waals surface area contributed by atoms with E-state index in [0.717, 1.165) is 17.0 Å². The maximum atomic E-state index is 12.9. The van der Waals surface area contributed by atoms with E-state index in [-0.39, 0.29) is 23.7 Å². The number of halogens is 2. The molecule has 2 rings (SSSR count). The molecule has 0 radical (unpaired) electrons. The van der Waals surface area contributed by atoms with E-state index >= 15 is 0 Å². The first-order chi connectivity index (χ1) is 9.38. The van der Waals surface area contributed by atoms with Crippen molar-refractivity contribution in [2.75, 3.05) is 11.9 Å². The van der Waals surface area contributed by atoms with E-state index in [1.54, 1.807) is 0 Å². The first-order valence-corrected chi connectivity index (χ1v) is 6.20. The molecule has 1 fully saturated rings.